The molecule has 0 bridgehead atoms. The van der Waals surface area contributed by atoms with Gasteiger partial charge in [0.05, 0.1) is 6.54 Å². The van der Waals surface area contributed by atoms with Gasteiger partial charge in [-0.1, -0.05) is 22.0 Å². The van der Waals surface area contributed by atoms with Crippen molar-refractivity contribution in [2.45, 2.75) is 12.3 Å². The first-order valence-electron chi connectivity index (χ1n) is 5.19. The maximum Gasteiger partial charge on any atom is 0.416 e. The van der Waals surface area contributed by atoms with E-state index in [9.17, 15) is 18.0 Å². The van der Waals surface area contributed by atoms with Gasteiger partial charge in [0, 0.05) is 4.47 Å². The smallest absolute Gasteiger partial charge is 0.416 e. The predicted octanol–water partition coefficient (Wildman–Crippen LogP) is 1.87. The molecule has 1 atom stereocenters. The number of alkyl halides is 3. The minimum Gasteiger partial charge on any atom is -0.484 e. The van der Waals surface area contributed by atoms with Gasteiger partial charge < -0.3 is 15.2 Å². The van der Waals surface area contributed by atoms with Crippen molar-refractivity contribution in [1.29, 1.82) is 0 Å². The van der Waals surface area contributed by atoms with E-state index in [2.05, 4.69) is 15.9 Å². The van der Waals surface area contributed by atoms with E-state index in [1.54, 1.807) is 24.3 Å². The van der Waals surface area contributed by atoms with Crippen molar-refractivity contribution in [3.63, 3.8) is 0 Å². The summed E-state index contributed by atoms with van der Waals surface area (Å²) in [6, 6.07) is 6.65. The van der Waals surface area contributed by atoms with Crippen LogP contribution in [0, 0.1) is 0 Å². The van der Waals surface area contributed by atoms with Gasteiger partial charge in [-0.25, -0.2) is 0 Å². The van der Waals surface area contributed by atoms with Crippen LogP contribution in [0.15, 0.2) is 28.7 Å². The van der Waals surface area contributed by atoms with Crippen LogP contribution in [0.1, 0.15) is 0 Å². The number of aliphatic hydroxyl groups is 1. The molecule has 1 unspecified atom stereocenters. The fourth-order valence-electron chi connectivity index (χ4n) is 1.08. The quantitative estimate of drug-likeness (QED) is 0.859. The maximum absolute atomic E-state index is 12.0. The summed E-state index contributed by atoms with van der Waals surface area (Å²) >= 11 is 3.20. The van der Waals surface area contributed by atoms with Crippen molar-refractivity contribution in [3.05, 3.63) is 28.7 Å². The van der Waals surface area contributed by atoms with E-state index >= 15 is 0 Å². The predicted molar refractivity (Wildman–Crippen MR) is 64.7 cm³/mol. The largest absolute Gasteiger partial charge is 0.484 e. The number of rotatable bonds is 5. The number of amides is 1. The Kier molecular flexibility index (Phi) is 5.61. The molecule has 0 aromatic heterocycles. The summed E-state index contributed by atoms with van der Waals surface area (Å²) in [6.45, 7) is -1.33. The molecule has 1 aromatic rings. The van der Waals surface area contributed by atoms with Crippen LogP contribution in [-0.2, 0) is 4.79 Å². The minimum atomic E-state index is -4.75. The van der Waals surface area contributed by atoms with E-state index < -0.39 is 31.3 Å². The zero-order chi connectivity index (χ0) is 14.5. The lowest BCUT2D eigenvalue weighted by Gasteiger charge is -2.15. The fraction of sp³-hybridized carbons (Fsp3) is 0.364. The summed E-state index contributed by atoms with van der Waals surface area (Å²) in [5, 5.41) is 10.6. The summed E-state index contributed by atoms with van der Waals surface area (Å²) in [6.07, 6.45) is -7.33. The molecule has 2 N–H and O–H groups in total. The second-order valence-electron chi connectivity index (χ2n) is 3.61. The van der Waals surface area contributed by atoms with E-state index in [-0.39, 0.29) is 0 Å². The van der Waals surface area contributed by atoms with Gasteiger partial charge in [-0.15, -0.1) is 0 Å². The Labute approximate surface area is 115 Å². The first-order valence-corrected chi connectivity index (χ1v) is 5.98. The number of aliphatic hydroxyl groups excluding tert-OH is 1. The Bertz CT molecular complexity index is 439. The molecule has 4 nitrogen and oxygen atoms in total. The third kappa shape index (κ3) is 5.93. The van der Waals surface area contributed by atoms with Crippen LogP contribution in [0.25, 0.3) is 0 Å². The summed E-state index contributed by atoms with van der Waals surface area (Å²) < 4.78 is 41.7. The molecule has 0 saturated carbocycles. The number of benzene rings is 1. The van der Waals surface area contributed by atoms with E-state index in [1.165, 1.54) is 0 Å². The number of carbonyl (C=O) groups excluding carboxylic acids is 1. The number of ether oxygens (including phenoxy) is 1. The SMILES string of the molecule is O=C(COc1cccc(Br)c1)NCC(O)C(F)(F)F. The molecule has 1 rings (SSSR count). The van der Waals surface area contributed by atoms with E-state index in [0.717, 1.165) is 4.47 Å². The molecule has 0 saturated heterocycles. The Hall–Kier alpha value is -1.28. The molecule has 0 aliphatic carbocycles. The van der Waals surface area contributed by atoms with Crippen LogP contribution >= 0.6 is 15.9 Å². The standard InChI is InChI=1S/C11H11BrF3NO3/c12-7-2-1-3-8(4-7)19-6-10(18)16-5-9(17)11(13,14)15/h1-4,9,17H,5-6H2,(H,16,18). The molecule has 1 amide bonds. The van der Waals surface area contributed by atoms with E-state index in [4.69, 9.17) is 9.84 Å². The van der Waals surface area contributed by atoms with Crippen molar-refractivity contribution < 1.29 is 27.8 Å². The van der Waals surface area contributed by atoms with Gasteiger partial charge in [0.1, 0.15) is 5.75 Å². The first-order chi connectivity index (χ1) is 8.79. The molecular formula is C11H11BrF3NO3. The molecule has 0 heterocycles. The lowest BCUT2D eigenvalue weighted by Crippen LogP contribution is -2.42. The number of hydrogen-bond acceptors (Lipinski definition) is 3. The van der Waals surface area contributed by atoms with Crippen LogP contribution < -0.4 is 10.1 Å². The highest BCUT2D eigenvalue weighted by Crippen LogP contribution is 2.19. The molecule has 0 spiro atoms. The van der Waals surface area contributed by atoms with Crippen molar-refractivity contribution in [3.8, 4) is 5.75 Å². The average Bonchev–Trinajstić information content (AvgIpc) is 2.32. The van der Waals surface area contributed by atoms with Crippen molar-refractivity contribution >= 4 is 21.8 Å². The number of carbonyl (C=O) groups is 1. The van der Waals surface area contributed by atoms with Crippen LogP contribution in [0.2, 0.25) is 0 Å². The van der Waals surface area contributed by atoms with Crippen LogP contribution in [0.5, 0.6) is 5.75 Å². The summed E-state index contributed by atoms with van der Waals surface area (Å²) in [7, 11) is 0. The molecule has 19 heavy (non-hydrogen) atoms. The topological polar surface area (TPSA) is 58.6 Å². The second-order valence-corrected chi connectivity index (χ2v) is 4.52. The summed E-state index contributed by atoms with van der Waals surface area (Å²) in [4.78, 5) is 11.2. The van der Waals surface area contributed by atoms with E-state index in [0.29, 0.717) is 5.75 Å². The van der Waals surface area contributed by atoms with E-state index in [1.807, 2.05) is 5.32 Å². The summed E-state index contributed by atoms with van der Waals surface area (Å²) in [5.74, 6) is -0.343. The zero-order valence-electron chi connectivity index (χ0n) is 9.58. The second kappa shape index (κ2) is 6.76. The zero-order valence-corrected chi connectivity index (χ0v) is 11.2. The molecule has 1 aromatic carbocycles. The third-order valence-corrected chi connectivity index (χ3v) is 2.53. The Morgan fingerprint density at radius 1 is 1.47 bits per heavy atom. The van der Waals surface area contributed by atoms with Gasteiger partial charge in [0.25, 0.3) is 5.91 Å². The third-order valence-electron chi connectivity index (χ3n) is 2.04. The van der Waals surface area contributed by atoms with Crippen molar-refractivity contribution in [2.75, 3.05) is 13.2 Å². The number of hydrogen-bond donors (Lipinski definition) is 2. The molecule has 0 aliphatic rings. The average molecular weight is 342 g/mol. The Morgan fingerprint density at radius 3 is 2.74 bits per heavy atom. The monoisotopic (exact) mass is 341 g/mol. The van der Waals surface area contributed by atoms with Crippen LogP contribution in [0.4, 0.5) is 13.2 Å². The van der Waals surface area contributed by atoms with Gasteiger partial charge in [-0.3, -0.25) is 4.79 Å². The Morgan fingerprint density at radius 2 is 2.16 bits per heavy atom. The number of nitrogens with one attached hydrogen (secondary N) is 1. The number of halogens is 4. The lowest BCUT2D eigenvalue weighted by atomic mass is 10.3. The molecular weight excluding hydrogens is 331 g/mol. The Balaban J connectivity index is 2.33. The molecule has 0 aliphatic heterocycles. The van der Waals surface area contributed by atoms with Crippen LogP contribution in [-0.4, -0.2) is 36.4 Å². The highest BCUT2D eigenvalue weighted by atomic mass is 79.9. The molecule has 0 radical (unpaired) electrons. The van der Waals surface area contributed by atoms with Crippen LogP contribution in [0.3, 0.4) is 0 Å². The lowest BCUT2D eigenvalue weighted by molar-refractivity contribution is -0.201. The van der Waals surface area contributed by atoms with Gasteiger partial charge in [0.2, 0.25) is 0 Å². The van der Waals surface area contributed by atoms with Gasteiger partial charge >= 0.3 is 6.18 Å². The van der Waals surface area contributed by atoms with Crippen molar-refractivity contribution in [1.82, 2.24) is 5.32 Å². The minimum absolute atomic E-state index is 0.404. The molecule has 0 fully saturated rings. The normalized spacial score (nSPS) is 12.9. The highest BCUT2D eigenvalue weighted by molar-refractivity contribution is 9.10. The maximum atomic E-state index is 12.0. The van der Waals surface area contributed by atoms with Gasteiger partial charge in [-0.05, 0) is 18.2 Å². The van der Waals surface area contributed by atoms with Gasteiger partial charge in [0.15, 0.2) is 12.7 Å². The fourth-order valence-corrected chi connectivity index (χ4v) is 1.46. The van der Waals surface area contributed by atoms with Crippen molar-refractivity contribution in [2.24, 2.45) is 0 Å². The molecule has 106 valence electrons. The van der Waals surface area contributed by atoms with Gasteiger partial charge in [-0.2, -0.15) is 13.2 Å². The first kappa shape index (κ1) is 15.8. The highest BCUT2D eigenvalue weighted by Gasteiger charge is 2.38. The summed E-state index contributed by atoms with van der Waals surface area (Å²) in [5.41, 5.74) is 0. The molecule has 8 heteroatoms.